The highest BCUT2D eigenvalue weighted by molar-refractivity contribution is 5.74. The van der Waals surface area contributed by atoms with E-state index in [1.165, 1.54) is 7.11 Å². The van der Waals surface area contributed by atoms with Crippen LogP contribution in [0.25, 0.3) is 11.2 Å². The molecule has 0 bridgehead atoms. The third-order valence-corrected chi connectivity index (χ3v) is 2.23. The van der Waals surface area contributed by atoms with E-state index >= 15 is 0 Å². The minimum Gasteiger partial charge on any atom is -0.480 e. The molecule has 0 amide bonds. The monoisotopic (exact) mass is 202 g/mol. The molecule has 2 heterocycles. The first-order valence-electron chi connectivity index (χ1n) is 4.60. The van der Waals surface area contributed by atoms with Gasteiger partial charge in [0, 0.05) is 6.54 Å². The van der Waals surface area contributed by atoms with Crippen LogP contribution < -0.4 is 4.74 Å². The summed E-state index contributed by atoms with van der Waals surface area (Å²) in [7, 11) is 1.49. The number of pyridine rings is 1. The van der Waals surface area contributed by atoms with Crippen molar-refractivity contribution in [3.8, 4) is 11.9 Å². The lowest BCUT2D eigenvalue weighted by Gasteiger charge is -2.02. The zero-order valence-electron chi connectivity index (χ0n) is 8.56. The van der Waals surface area contributed by atoms with E-state index in [0.717, 1.165) is 12.1 Å². The largest absolute Gasteiger partial charge is 0.480 e. The lowest BCUT2D eigenvalue weighted by Crippen LogP contribution is -1.95. The molecule has 0 saturated carbocycles. The molecule has 2 aromatic heterocycles. The molecule has 5 heteroatoms. The molecular weight excluding hydrogens is 192 g/mol. The maximum atomic E-state index is 8.91. The van der Waals surface area contributed by atoms with Gasteiger partial charge >= 0.3 is 0 Å². The predicted octanol–water partition coefficient (Wildman–Crippen LogP) is 1.33. The molecule has 76 valence electrons. The number of methoxy groups -OCH3 is 1. The van der Waals surface area contributed by atoms with Crippen molar-refractivity contribution in [1.82, 2.24) is 14.5 Å². The number of nitriles is 1. The van der Waals surface area contributed by atoms with Gasteiger partial charge in [-0.25, -0.2) is 4.98 Å². The summed E-state index contributed by atoms with van der Waals surface area (Å²) in [4.78, 5) is 8.29. The maximum absolute atomic E-state index is 8.91. The molecule has 0 aliphatic rings. The minimum absolute atomic E-state index is 0.325. The van der Waals surface area contributed by atoms with Crippen LogP contribution in [-0.2, 0) is 6.54 Å². The smallest absolute Gasteiger partial charge is 0.233 e. The highest BCUT2D eigenvalue weighted by Crippen LogP contribution is 2.20. The Labute approximate surface area is 86.9 Å². The normalized spacial score (nSPS) is 10.2. The average Bonchev–Trinajstić information content (AvgIpc) is 2.68. The number of ether oxygens (including phenoxy) is 1. The van der Waals surface area contributed by atoms with Gasteiger partial charge in [0.1, 0.15) is 11.6 Å². The first kappa shape index (κ1) is 9.46. The summed E-state index contributed by atoms with van der Waals surface area (Å²) in [6, 6.07) is 3.80. The van der Waals surface area contributed by atoms with E-state index in [9.17, 15) is 0 Å². The zero-order chi connectivity index (χ0) is 10.8. The fraction of sp³-hybridized carbons (Fsp3) is 0.300. The van der Waals surface area contributed by atoms with Crippen LogP contribution in [0.15, 0.2) is 12.4 Å². The van der Waals surface area contributed by atoms with E-state index in [-0.39, 0.29) is 0 Å². The van der Waals surface area contributed by atoms with Crippen LogP contribution >= 0.6 is 0 Å². The summed E-state index contributed by atoms with van der Waals surface area (Å²) >= 11 is 0. The fourth-order valence-corrected chi connectivity index (χ4v) is 1.46. The molecule has 15 heavy (non-hydrogen) atoms. The van der Waals surface area contributed by atoms with Crippen molar-refractivity contribution in [2.24, 2.45) is 0 Å². The van der Waals surface area contributed by atoms with Crippen LogP contribution in [0.1, 0.15) is 12.5 Å². The Hall–Kier alpha value is -2.09. The van der Waals surface area contributed by atoms with Gasteiger partial charge in [-0.3, -0.25) is 0 Å². The summed E-state index contributed by atoms with van der Waals surface area (Å²) in [6.07, 6.45) is 1.71. The number of aryl methyl sites for hydroxylation is 1. The first-order chi connectivity index (χ1) is 7.30. The molecule has 0 N–H and O–H groups in total. The van der Waals surface area contributed by atoms with Crippen LogP contribution in [0.5, 0.6) is 5.88 Å². The van der Waals surface area contributed by atoms with Crippen LogP contribution in [-0.4, -0.2) is 21.6 Å². The average molecular weight is 202 g/mol. The molecule has 0 unspecified atom stereocenters. The topological polar surface area (TPSA) is 63.7 Å². The standard InChI is InChI=1S/C10H10N4O/c1-3-14-6-12-9-8(14)4-7(5-11)10(13-9)15-2/h4,6H,3H2,1-2H3. The van der Waals surface area contributed by atoms with Gasteiger partial charge in [0.15, 0.2) is 5.65 Å². The van der Waals surface area contributed by atoms with Crippen LogP contribution in [0.4, 0.5) is 0 Å². The highest BCUT2D eigenvalue weighted by Gasteiger charge is 2.10. The number of rotatable bonds is 2. The van der Waals surface area contributed by atoms with Gasteiger partial charge in [-0.2, -0.15) is 10.2 Å². The SMILES string of the molecule is CCn1cnc2nc(OC)c(C#N)cc21. The van der Waals surface area contributed by atoms with E-state index < -0.39 is 0 Å². The fourth-order valence-electron chi connectivity index (χ4n) is 1.46. The highest BCUT2D eigenvalue weighted by atomic mass is 16.5. The summed E-state index contributed by atoms with van der Waals surface area (Å²) in [5, 5.41) is 8.91. The molecule has 0 spiro atoms. The van der Waals surface area contributed by atoms with Gasteiger partial charge in [0.05, 0.1) is 19.0 Å². The van der Waals surface area contributed by atoms with Crippen molar-refractivity contribution in [2.45, 2.75) is 13.5 Å². The van der Waals surface area contributed by atoms with Crippen molar-refractivity contribution >= 4 is 11.2 Å². The van der Waals surface area contributed by atoms with Crippen LogP contribution in [0, 0.1) is 11.3 Å². The molecule has 2 rings (SSSR count). The predicted molar refractivity (Wildman–Crippen MR) is 54.5 cm³/mol. The number of imidazole rings is 1. The molecule has 0 atom stereocenters. The molecule has 0 aromatic carbocycles. The molecule has 2 aromatic rings. The van der Waals surface area contributed by atoms with Gasteiger partial charge in [-0.05, 0) is 13.0 Å². The van der Waals surface area contributed by atoms with E-state index in [1.54, 1.807) is 12.4 Å². The van der Waals surface area contributed by atoms with Crippen molar-refractivity contribution < 1.29 is 4.74 Å². The second-order valence-corrected chi connectivity index (χ2v) is 3.03. The van der Waals surface area contributed by atoms with Gasteiger partial charge in [-0.1, -0.05) is 0 Å². The summed E-state index contributed by atoms with van der Waals surface area (Å²) in [5.41, 5.74) is 1.89. The van der Waals surface area contributed by atoms with Crippen LogP contribution in [0.2, 0.25) is 0 Å². The summed E-state index contributed by atoms with van der Waals surface area (Å²) in [6.45, 7) is 2.81. The molecule has 0 saturated heterocycles. The Bertz CT molecular complexity index is 538. The Kier molecular flexibility index (Phi) is 2.26. The van der Waals surface area contributed by atoms with Crippen molar-refractivity contribution in [1.29, 1.82) is 5.26 Å². The van der Waals surface area contributed by atoms with Gasteiger partial charge in [-0.15, -0.1) is 0 Å². The van der Waals surface area contributed by atoms with E-state index in [1.807, 2.05) is 11.5 Å². The molecular formula is C10H10N4O. The lowest BCUT2D eigenvalue weighted by atomic mass is 10.3. The summed E-state index contributed by atoms with van der Waals surface area (Å²) in [5.74, 6) is 0.325. The van der Waals surface area contributed by atoms with Crippen molar-refractivity contribution in [3.05, 3.63) is 18.0 Å². The van der Waals surface area contributed by atoms with Gasteiger partial charge < -0.3 is 9.30 Å². The molecule has 0 aliphatic heterocycles. The van der Waals surface area contributed by atoms with E-state index in [4.69, 9.17) is 10.00 Å². The lowest BCUT2D eigenvalue weighted by molar-refractivity contribution is 0.398. The van der Waals surface area contributed by atoms with Crippen molar-refractivity contribution in [3.63, 3.8) is 0 Å². The Morgan fingerprint density at radius 2 is 2.40 bits per heavy atom. The molecule has 0 radical (unpaired) electrons. The molecule has 5 nitrogen and oxygen atoms in total. The Morgan fingerprint density at radius 1 is 1.60 bits per heavy atom. The zero-order valence-corrected chi connectivity index (χ0v) is 8.56. The number of hydrogen-bond donors (Lipinski definition) is 0. The van der Waals surface area contributed by atoms with Gasteiger partial charge in [0.2, 0.25) is 5.88 Å². The number of aromatic nitrogens is 3. The first-order valence-corrected chi connectivity index (χ1v) is 4.60. The Morgan fingerprint density at radius 3 is 3.00 bits per heavy atom. The maximum Gasteiger partial charge on any atom is 0.233 e. The number of nitrogens with zero attached hydrogens (tertiary/aromatic N) is 4. The molecule has 0 fully saturated rings. The number of hydrogen-bond acceptors (Lipinski definition) is 4. The number of fused-ring (bicyclic) bond motifs is 1. The molecule has 0 aliphatic carbocycles. The summed E-state index contributed by atoms with van der Waals surface area (Å²) < 4.78 is 6.94. The van der Waals surface area contributed by atoms with Crippen molar-refractivity contribution in [2.75, 3.05) is 7.11 Å². The van der Waals surface area contributed by atoms with Crippen LogP contribution in [0.3, 0.4) is 0 Å². The Balaban J connectivity index is 2.73. The van der Waals surface area contributed by atoms with E-state index in [2.05, 4.69) is 16.0 Å². The third kappa shape index (κ3) is 1.40. The quantitative estimate of drug-likeness (QED) is 0.737. The van der Waals surface area contributed by atoms with Gasteiger partial charge in [0.25, 0.3) is 0 Å². The van der Waals surface area contributed by atoms with E-state index in [0.29, 0.717) is 17.1 Å². The second-order valence-electron chi connectivity index (χ2n) is 3.03. The third-order valence-electron chi connectivity index (χ3n) is 2.23. The second kappa shape index (κ2) is 3.58. The minimum atomic E-state index is 0.325.